The minimum atomic E-state index is -3.73. The van der Waals surface area contributed by atoms with E-state index in [-0.39, 0.29) is 17.3 Å². The van der Waals surface area contributed by atoms with Gasteiger partial charge in [-0.3, -0.25) is 4.79 Å². The average molecular weight is 382 g/mol. The summed E-state index contributed by atoms with van der Waals surface area (Å²) in [6.07, 6.45) is 0.505. The molecule has 6 nitrogen and oxygen atoms in total. The van der Waals surface area contributed by atoms with Crippen LogP contribution in [-0.2, 0) is 16.4 Å². The van der Waals surface area contributed by atoms with E-state index in [1.807, 2.05) is 24.3 Å². The minimum absolute atomic E-state index is 0.166. The highest BCUT2D eigenvalue weighted by Gasteiger charge is 2.26. The topological polar surface area (TPSA) is 84.5 Å². The molecule has 3 aromatic carbocycles. The number of carbonyl (C=O) groups excluding carboxylic acids is 1. The summed E-state index contributed by atoms with van der Waals surface area (Å²) >= 11 is 0. The second-order valence-electron chi connectivity index (χ2n) is 6.25. The Morgan fingerprint density at radius 1 is 1.04 bits per heavy atom. The maximum atomic E-state index is 12.9. The zero-order valence-corrected chi connectivity index (χ0v) is 15.5. The fourth-order valence-corrected chi connectivity index (χ4v) is 4.64. The molecule has 0 aliphatic carbocycles. The van der Waals surface area contributed by atoms with Gasteiger partial charge in [0.25, 0.3) is 5.91 Å². The molecule has 0 atom stereocenters. The van der Waals surface area contributed by atoms with Crippen molar-refractivity contribution in [2.24, 2.45) is 0 Å². The number of anilines is 1. The van der Waals surface area contributed by atoms with Crippen LogP contribution in [-0.4, -0.2) is 28.0 Å². The number of rotatable bonds is 6. The highest BCUT2D eigenvalue weighted by atomic mass is 32.2. The Labute approximate surface area is 157 Å². The molecule has 1 aliphatic rings. The molecule has 2 N–H and O–H groups in total. The van der Waals surface area contributed by atoms with Crippen LogP contribution < -0.4 is 14.8 Å². The lowest BCUT2D eigenvalue weighted by molar-refractivity contribution is 0.103. The van der Waals surface area contributed by atoms with Crippen LogP contribution in [0.4, 0.5) is 5.69 Å². The van der Waals surface area contributed by atoms with Gasteiger partial charge >= 0.3 is 0 Å². The Balaban J connectivity index is 1.62. The van der Waals surface area contributed by atoms with Gasteiger partial charge in [0.15, 0.2) is 0 Å². The van der Waals surface area contributed by atoms with E-state index >= 15 is 0 Å². The Morgan fingerprint density at radius 2 is 1.85 bits per heavy atom. The van der Waals surface area contributed by atoms with Gasteiger partial charge in [0.2, 0.25) is 10.0 Å². The molecule has 3 aromatic rings. The zero-order chi connectivity index (χ0) is 19.0. The van der Waals surface area contributed by atoms with Gasteiger partial charge < -0.3 is 10.1 Å². The molecule has 0 bridgehead atoms. The summed E-state index contributed by atoms with van der Waals surface area (Å²) in [7, 11) is -2.14. The molecule has 7 heteroatoms. The summed E-state index contributed by atoms with van der Waals surface area (Å²) in [5.74, 6) is 0.515. The van der Waals surface area contributed by atoms with E-state index in [2.05, 4.69) is 10.0 Å². The molecular formula is C20H18N2O4S. The lowest BCUT2D eigenvalue weighted by Crippen LogP contribution is -2.26. The van der Waals surface area contributed by atoms with Crippen molar-refractivity contribution < 1.29 is 17.9 Å². The number of ether oxygens (including phenoxy) is 1. The van der Waals surface area contributed by atoms with Crippen LogP contribution in [0.3, 0.4) is 0 Å². The third-order valence-electron chi connectivity index (χ3n) is 4.66. The van der Waals surface area contributed by atoms with E-state index in [0.717, 1.165) is 11.3 Å². The normalized spacial score (nSPS) is 13.0. The van der Waals surface area contributed by atoms with Gasteiger partial charge in [0.1, 0.15) is 5.75 Å². The van der Waals surface area contributed by atoms with Gasteiger partial charge in [-0.15, -0.1) is 0 Å². The molecule has 0 fully saturated rings. The molecular weight excluding hydrogens is 364 g/mol. The van der Waals surface area contributed by atoms with Crippen LogP contribution in [0.2, 0.25) is 0 Å². The lowest BCUT2D eigenvalue weighted by atomic mass is 10.1. The Hall–Kier alpha value is -2.90. The zero-order valence-electron chi connectivity index (χ0n) is 14.7. The second kappa shape index (κ2) is 6.68. The van der Waals surface area contributed by atoms with E-state index in [1.54, 1.807) is 31.4 Å². The fraction of sp³-hybridized carbons (Fsp3) is 0.150. The summed E-state index contributed by atoms with van der Waals surface area (Å²) in [5, 5.41) is 3.94. The molecule has 0 aromatic heterocycles. The molecule has 138 valence electrons. The lowest BCUT2D eigenvalue weighted by Gasteiger charge is -2.12. The highest BCUT2D eigenvalue weighted by molar-refractivity contribution is 7.89. The van der Waals surface area contributed by atoms with Crippen LogP contribution in [0.25, 0.3) is 10.8 Å². The first kappa shape index (κ1) is 17.5. The molecule has 27 heavy (non-hydrogen) atoms. The Kier molecular flexibility index (Phi) is 4.33. The van der Waals surface area contributed by atoms with Gasteiger partial charge in [-0.1, -0.05) is 30.3 Å². The molecule has 0 saturated carbocycles. The third-order valence-corrected chi connectivity index (χ3v) is 6.18. The third kappa shape index (κ3) is 3.05. The number of carbonyl (C=O) groups is 1. The quantitative estimate of drug-likeness (QED) is 0.687. The Bertz CT molecular complexity index is 1160. The number of sulfonamides is 1. The predicted octanol–water partition coefficient (Wildman–Crippen LogP) is 2.94. The molecule has 0 radical (unpaired) electrons. The smallest absolute Gasteiger partial charge is 0.256 e. The molecule has 0 spiro atoms. The van der Waals surface area contributed by atoms with E-state index in [9.17, 15) is 13.2 Å². The summed E-state index contributed by atoms with van der Waals surface area (Å²) in [4.78, 5) is 12.2. The van der Waals surface area contributed by atoms with Crippen molar-refractivity contribution in [3.05, 3.63) is 65.7 Å². The first-order chi connectivity index (χ1) is 13.0. The van der Waals surface area contributed by atoms with Crippen molar-refractivity contribution >= 4 is 32.4 Å². The van der Waals surface area contributed by atoms with Crippen LogP contribution in [0.1, 0.15) is 15.9 Å². The molecule has 0 unspecified atom stereocenters. The SMILES string of the molecule is COc1ccccc1CCNS(=O)(=O)c1ccc2c3c(cccc13)C(=O)N2. The number of para-hydroxylation sites is 1. The number of benzene rings is 3. The van der Waals surface area contributed by atoms with Crippen LogP contribution in [0.5, 0.6) is 5.75 Å². The van der Waals surface area contributed by atoms with E-state index in [4.69, 9.17) is 4.74 Å². The highest BCUT2D eigenvalue weighted by Crippen LogP contribution is 2.36. The van der Waals surface area contributed by atoms with Gasteiger partial charge in [-0.2, -0.15) is 0 Å². The summed E-state index contributed by atoms with van der Waals surface area (Å²) < 4.78 is 33.7. The maximum Gasteiger partial charge on any atom is 0.256 e. The maximum absolute atomic E-state index is 12.9. The molecule has 1 aliphatic heterocycles. The van der Waals surface area contributed by atoms with Crippen molar-refractivity contribution in [1.29, 1.82) is 0 Å². The first-order valence-electron chi connectivity index (χ1n) is 8.50. The summed E-state index contributed by atoms with van der Waals surface area (Å²) in [5.41, 5.74) is 2.06. The number of nitrogens with one attached hydrogen (secondary N) is 2. The summed E-state index contributed by atoms with van der Waals surface area (Å²) in [6, 6.07) is 15.8. The molecule has 0 saturated heterocycles. The van der Waals surface area contributed by atoms with Crippen molar-refractivity contribution in [2.45, 2.75) is 11.3 Å². The van der Waals surface area contributed by atoms with Crippen LogP contribution in [0, 0.1) is 0 Å². The fourth-order valence-electron chi connectivity index (χ4n) is 3.40. The van der Waals surface area contributed by atoms with Crippen LogP contribution in [0.15, 0.2) is 59.5 Å². The largest absolute Gasteiger partial charge is 0.496 e. The minimum Gasteiger partial charge on any atom is -0.496 e. The van der Waals surface area contributed by atoms with Crippen molar-refractivity contribution in [3.63, 3.8) is 0 Å². The van der Waals surface area contributed by atoms with Crippen molar-refractivity contribution in [1.82, 2.24) is 4.72 Å². The average Bonchev–Trinajstić information content (AvgIpc) is 3.00. The van der Waals surface area contributed by atoms with E-state index < -0.39 is 10.0 Å². The van der Waals surface area contributed by atoms with E-state index in [0.29, 0.717) is 28.4 Å². The van der Waals surface area contributed by atoms with Gasteiger partial charge in [-0.25, -0.2) is 13.1 Å². The summed E-state index contributed by atoms with van der Waals surface area (Å²) in [6.45, 7) is 0.239. The van der Waals surface area contributed by atoms with E-state index in [1.165, 1.54) is 6.07 Å². The molecule has 4 rings (SSSR count). The number of hydrogen-bond donors (Lipinski definition) is 2. The first-order valence-corrected chi connectivity index (χ1v) is 9.98. The number of hydrogen-bond acceptors (Lipinski definition) is 4. The van der Waals surface area contributed by atoms with Gasteiger partial charge in [0, 0.05) is 28.6 Å². The standard InChI is InChI=1S/C20H18N2O4S/c1-26-17-8-3-2-5-13(17)11-12-21-27(24,25)18-10-9-16-19-14(18)6-4-7-15(19)20(23)22-16/h2-10,21H,11-12H2,1H3,(H,22,23). The van der Waals surface area contributed by atoms with Crippen molar-refractivity contribution in [3.8, 4) is 5.75 Å². The second-order valence-corrected chi connectivity index (χ2v) is 7.99. The van der Waals surface area contributed by atoms with Crippen molar-refractivity contribution in [2.75, 3.05) is 19.0 Å². The molecule has 1 amide bonds. The van der Waals surface area contributed by atoms with Gasteiger partial charge in [0.05, 0.1) is 12.0 Å². The Morgan fingerprint density at radius 3 is 2.67 bits per heavy atom. The van der Waals surface area contributed by atoms with Gasteiger partial charge in [-0.05, 0) is 36.2 Å². The monoisotopic (exact) mass is 382 g/mol. The number of amides is 1. The number of methoxy groups -OCH3 is 1. The molecule has 1 heterocycles. The van der Waals surface area contributed by atoms with Crippen LogP contribution >= 0.6 is 0 Å². The predicted molar refractivity (Wildman–Crippen MR) is 104 cm³/mol.